The zero-order valence-electron chi connectivity index (χ0n) is 11.6. The zero-order valence-corrected chi connectivity index (χ0v) is 14.0. The molecule has 0 aliphatic rings. The number of pyridine rings is 1. The highest BCUT2D eigenvalue weighted by Crippen LogP contribution is 2.28. The van der Waals surface area contributed by atoms with Crippen molar-refractivity contribution in [2.75, 3.05) is 11.9 Å². The molecule has 1 atom stereocenters. The summed E-state index contributed by atoms with van der Waals surface area (Å²) >= 11 is 9.36. The van der Waals surface area contributed by atoms with Gasteiger partial charge in [-0.2, -0.15) is 0 Å². The molecule has 22 heavy (non-hydrogen) atoms. The molecule has 0 saturated heterocycles. The maximum absolute atomic E-state index is 10.3. The molecule has 3 nitrogen and oxygen atoms in total. The third-order valence-corrected chi connectivity index (χ3v) is 4.35. The van der Waals surface area contributed by atoms with Crippen molar-refractivity contribution in [3.63, 3.8) is 0 Å². The molecule has 3 rings (SSSR count). The van der Waals surface area contributed by atoms with E-state index in [-0.39, 0.29) is 0 Å². The maximum atomic E-state index is 10.3. The molecule has 1 unspecified atom stereocenters. The van der Waals surface area contributed by atoms with Gasteiger partial charge in [0, 0.05) is 33.0 Å². The van der Waals surface area contributed by atoms with Gasteiger partial charge in [-0.15, -0.1) is 0 Å². The number of anilines is 1. The third kappa shape index (κ3) is 3.24. The predicted octanol–water partition coefficient (Wildman–Crippen LogP) is 4.80. The minimum Gasteiger partial charge on any atom is -0.387 e. The Kier molecular flexibility index (Phi) is 4.62. The van der Waals surface area contributed by atoms with Gasteiger partial charge in [0.1, 0.15) is 5.82 Å². The Hall–Kier alpha value is -1.62. The van der Waals surface area contributed by atoms with E-state index in [0.29, 0.717) is 11.6 Å². The molecule has 0 aliphatic carbocycles. The molecule has 2 aromatic carbocycles. The molecular weight excluding hydrogens is 364 g/mol. The van der Waals surface area contributed by atoms with Gasteiger partial charge >= 0.3 is 0 Å². The fourth-order valence-electron chi connectivity index (χ4n) is 2.30. The Labute approximate surface area is 142 Å². The summed E-state index contributed by atoms with van der Waals surface area (Å²) in [5, 5.41) is 16.2. The molecular formula is C17H14BrClN2O. The second-order valence-corrected chi connectivity index (χ2v) is 6.24. The number of aromatic nitrogens is 1. The summed E-state index contributed by atoms with van der Waals surface area (Å²) in [7, 11) is 0. The molecule has 5 heteroatoms. The van der Waals surface area contributed by atoms with E-state index in [9.17, 15) is 5.11 Å². The summed E-state index contributed by atoms with van der Waals surface area (Å²) in [5.41, 5.74) is 0.818. The number of nitrogens with one attached hydrogen (secondary N) is 1. The number of fused-ring (bicyclic) bond motifs is 1. The number of hydrogen-bond acceptors (Lipinski definition) is 3. The second kappa shape index (κ2) is 6.65. The number of aliphatic hydroxyl groups is 1. The number of aliphatic hydroxyl groups excluding tert-OH is 1. The fraction of sp³-hybridized carbons (Fsp3) is 0.118. The molecule has 0 bridgehead atoms. The first-order valence-corrected chi connectivity index (χ1v) is 8.03. The van der Waals surface area contributed by atoms with Gasteiger partial charge < -0.3 is 10.4 Å². The fourth-order valence-corrected chi connectivity index (χ4v) is 2.87. The van der Waals surface area contributed by atoms with Crippen LogP contribution in [0.4, 0.5) is 5.82 Å². The van der Waals surface area contributed by atoms with Crippen molar-refractivity contribution in [1.82, 2.24) is 4.98 Å². The van der Waals surface area contributed by atoms with Gasteiger partial charge in [-0.3, -0.25) is 0 Å². The summed E-state index contributed by atoms with van der Waals surface area (Å²) < 4.78 is 0.951. The van der Waals surface area contributed by atoms with Crippen molar-refractivity contribution >= 4 is 44.1 Å². The third-order valence-electron chi connectivity index (χ3n) is 3.46. The minimum absolute atomic E-state index is 0.375. The second-order valence-electron chi connectivity index (χ2n) is 4.95. The van der Waals surface area contributed by atoms with E-state index in [0.717, 1.165) is 26.6 Å². The summed E-state index contributed by atoms with van der Waals surface area (Å²) in [6.45, 7) is 0.375. The smallest absolute Gasteiger partial charge is 0.134 e. The van der Waals surface area contributed by atoms with Crippen LogP contribution in [0.25, 0.3) is 10.8 Å². The van der Waals surface area contributed by atoms with E-state index in [2.05, 4.69) is 26.2 Å². The van der Waals surface area contributed by atoms with Crippen molar-refractivity contribution in [2.45, 2.75) is 6.10 Å². The van der Waals surface area contributed by atoms with E-state index < -0.39 is 6.10 Å². The average molecular weight is 378 g/mol. The summed E-state index contributed by atoms with van der Waals surface area (Å²) in [6, 6.07) is 15.2. The van der Waals surface area contributed by atoms with Gasteiger partial charge in [-0.05, 0) is 33.6 Å². The van der Waals surface area contributed by atoms with Crippen LogP contribution in [-0.2, 0) is 0 Å². The van der Waals surface area contributed by atoms with Crippen LogP contribution in [-0.4, -0.2) is 16.6 Å². The number of hydrogen-bond donors (Lipinski definition) is 2. The Balaban J connectivity index is 1.79. The molecule has 0 fully saturated rings. The van der Waals surface area contributed by atoms with Crippen LogP contribution in [0.1, 0.15) is 11.7 Å². The first-order chi connectivity index (χ1) is 10.6. The van der Waals surface area contributed by atoms with Gasteiger partial charge in [0.2, 0.25) is 0 Å². The Bertz CT molecular complexity index is 792. The van der Waals surface area contributed by atoms with Crippen LogP contribution in [0.3, 0.4) is 0 Å². The monoisotopic (exact) mass is 376 g/mol. The Morgan fingerprint density at radius 1 is 1.09 bits per heavy atom. The van der Waals surface area contributed by atoms with E-state index >= 15 is 0 Å². The molecule has 2 N–H and O–H groups in total. The molecule has 0 amide bonds. The SMILES string of the molecule is OC(CNc1ncc(Br)c2ccccc12)c1ccc(Cl)cc1. The van der Waals surface area contributed by atoms with E-state index in [1.54, 1.807) is 18.3 Å². The van der Waals surface area contributed by atoms with E-state index in [4.69, 9.17) is 11.6 Å². The maximum Gasteiger partial charge on any atom is 0.134 e. The average Bonchev–Trinajstić information content (AvgIpc) is 2.55. The van der Waals surface area contributed by atoms with Gasteiger partial charge in [-0.1, -0.05) is 48.0 Å². The van der Waals surface area contributed by atoms with Crippen molar-refractivity contribution < 1.29 is 5.11 Å². The highest BCUT2D eigenvalue weighted by Gasteiger charge is 2.10. The van der Waals surface area contributed by atoms with E-state index in [1.807, 2.05) is 36.4 Å². The highest BCUT2D eigenvalue weighted by molar-refractivity contribution is 9.10. The van der Waals surface area contributed by atoms with Crippen molar-refractivity contribution in [1.29, 1.82) is 0 Å². The standard InChI is InChI=1S/C17H14BrClN2O/c18-15-9-20-17(14-4-2-1-3-13(14)15)21-10-16(22)11-5-7-12(19)8-6-11/h1-9,16,22H,10H2,(H,20,21). The van der Waals surface area contributed by atoms with E-state index in [1.165, 1.54) is 0 Å². The molecule has 1 aromatic heterocycles. The molecule has 1 heterocycles. The highest BCUT2D eigenvalue weighted by atomic mass is 79.9. The van der Waals surface area contributed by atoms with Crippen LogP contribution in [0, 0.1) is 0 Å². The van der Waals surface area contributed by atoms with Crippen LogP contribution >= 0.6 is 27.5 Å². The summed E-state index contributed by atoms with van der Waals surface area (Å²) in [6.07, 6.45) is 1.14. The predicted molar refractivity (Wildman–Crippen MR) is 94.3 cm³/mol. The lowest BCUT2D eigenvalue weighted by atomic mass is 10.1. The lowest BCUT2D eigenvalue weighted by molar-refractivity contribution is 0.191. The molecule has 0 spiro atoms. The lowest BCUT2D eigenvalue weighted by Gasteiger charge is -2.14. The number of halogens is 2. The molecule has 0 saturated carbocycles. The first kappa shape index (κ1) is 15.3. The van der Waals surface area contributed by atoms with Gasteiger partial charge in [0.05, 0.1) is 6.10 Å². The van der Waals surface area contributed by atoms with Crippen LogP contribution in [0.5, 0.6) is 0 Å². The summed E-state index contributed by atoms with van der Waals surface area (Å²) in [4.78, 5) is 4.40. The largest absolute Gasteiger partial charge is 0.387 e. The molecule has 112 valence electrons. The first-order valence-electron chi connectivity index (χ1n) is 6.86. The Morgan fingerprint density at radius 2 is 1.77 bits per heavy atom. The molecule has 0 aliphatic heterocycles. The topological polar surface area (TPSA) is 45.1 Å². The molecule has 0 radical (unpaired) electrons. The Morgan fingerprint density at radius 3 is 2.50 bits per heavy atom. The number of rotatable bonds is 4. The minimum atomic E-state index is -0.624. The van der Waals surface area contributed by atoms with Crippen LogP contribution in [0.2, 0.25) is 5.02 Å². The van der Waals surface area contributed by atoms with Gasteiger partial charge in [-0.25, -0.2) is 4.98 Å². The quantitative estimate of drug-likeness (QED) is 0.686. The summed E-state index contributed by atoms with van der Waals surface area (Å²) in [5.74, 6) is 0.756. The van der Waals surface area contributed by atoms with Crippen molar-refractivity contribution in [3.8, 4) is 0 Å². The normalized spacial score (nSPS) is 12.3. The van der Waals surface area contributed by atoms with Gasteiger partial charge in [0.15, 0.2) is 0 Å². The van der Waals surface area contributed by atoms with Crippen molar-refractivity contribution in [3.05, 3.63) is 69.8 Å². The molecule has 3 aromatic rings. The van der Waals surface area contributed by atoms with Crippen molar-refractivity contribution in [2.24, 2.45) is 0 Å². The number of benzene rings is 2. The number of nitrogens with zero attached hydrogens (tertiary/aromatic N) is 1. The van der Waals surface area contributed by atoms with Gasteiger partial charge in [0.25, 0.3) is 0 Å². The van der Waals surface area contributed by atoms with Crippen LogP contribution < -0.4 is 5.32 Å². The lowest BCUT2D eigenvalue weighted by Crippen LogP contribution is -2.13. The zero-order chi connectivity index (χ0) is 15.5. The van der Waals surface area contributed by atoms with Crippen LogP contribution in [0.15, 0.2) is 59.2 Å².